The summed E-state index contributed by atoms with van der Waals surface area (Å²) in [6.45, 7) is 5.79. The quantitative estimate of drug-likeness (QED) is 0.598. The molecule has 96 valence electrons. The molecular weight excluding hydrogens is 210 g/mol. The summed E-state index contributed by atoms with van der Waals surface area (Å²) in [5.41, 5.74) is 5.77. The number of methoxy groups -OCH3 is 1. The largest absolute Gasteiger partial charge is 0.394 e. The van der Waals surface area contributed by atoms with Crippen molar-refractivity contribution in [2.24, 2.45) is 11.1 Å². The summed E-state index contributed by atoms with van der Waals surface area (Å²) in [6, 6.07) is -0.507. The number of rotatable bonds is 2. The van der Waals surface area contributed by atoms with E-state index in [1.807, 2.05) is 20.8 Å². The molecule has 5 nitrogen and oxygen atoms in total. The van der Waals surface area contributed by atoms with Gasteiger partial charge in [0, 0.05) is 7.11 Å². The van der Waals surface area contributed by atoms with E-state index in [1.54, 1.807) is 0 Å². The summed E-state index contributed by atoms with van der Waals surface area (Å²) < 4.78 is 10.8. The van der Waals surface area contributed by atoms with E-state index in [9.17, 15) is 10.2 Å². The molecule has 0 spiro atoms. The third kappa shape index (κ3) is 2.55. The SMILES string of the molecule is COC1C(CO)OC(C(C)(C)C)C(N)C1O. The van der Waals surface area contributed by atoms with Crippen LogP contribution in [0.1, 0.15) is 20.8 Å². The highest BCUT2D eigenvalue weighted by molar-refractivity contribution is 4.99. The van der Waals surface area contributed by atoms with E-state index in [2.05, 4.69) is 0 Å². The monoisotopic (exact) mass is 233 g/mol. The highest BCUT2D eigenvalue weighted by Crippen LogP contribution is 2.32. The van der Waals surface area contributed by atoms with Gasteiger partial charge < -0.3 is 25.4 Å². The first-order valence-corrected chi connectivity index (χ1v) is 5.55. The topological polar surface area (TPSA) is 84.9 Å². The van der Waals surface area contributed by atoms with Crippen molar-refractivity contribution in [3.05, 3.63) is 0 Å². The van der Waals surface area contributed by atoms with Gasteiger partial charge in [-0.15, -0.1) is 0 Å². The molecule has 0 aliphatic carbocycles. The van der Waals surface area contributed by atoms with Crippen molar-refractivity contribution < 1.29 is 19.7 Å². The lowest BCUT2D eigenvalue weighted by Gasteiger charge is -2.47. The van der Waals surface area contributed by atoms with E-state index >= 15 is 0 Å². The van der Waals surface area contributed by atoms with E-state index in [4.69, 9.17) is 15.2 Å². The molecule has 1 aliphatic heterocycles. The minimum Gasteiger partial charge on any atom is -0.394 e. The second-order valence-electron chi connectivity index (χ2n) is 5.41. The molecule has 5 heteroatoms. The lowest BCUT2D eigenvalue weighted by Crippen LogP contribution is -2.65. The number of hydrogen-bond donors (Lipinski definition) is 3. The zero-order valence-corrected chi connectivity index (χ0v) is 10.4. The number of nitrogens with two attached hydrogens (primary N) is 1. The Kier molecular flexibility index (Phi) is 4.31. The fourth-order valence-electron chi connectivity index (χ4n) is 2.19. The van der Waals surface area contributed by atoms with Gasteiger partial charge in [-0.2, -0.15) is 0 Å². The Bertz CT molecular complexity index is 227. The fourth-order valence-corrected chi connectivity index (χ4v) is 2.19. The highest BCUT2D eigenvalue weighted by atomic mass is 16.6. The van der Waals surface area contributed by atoms with Crippen molar-refractivity contribution in [1.29, 1.82) is 0 Å². The van der Waals surface area contributed by atoms with E-state index < -0.39 is 24.4 Å². The molecule has 0 saturated carbocycles. The van der Waals surface area contributed by atoms with Crippen LogP contribution in [-0.2, 0) is 9.47 Å². The summed E-state index contributed by atoms with van der Waals surface area (Å²) >= 11 is 0. The summed E-state index contributed by atoms with van der Waals surface area (Å²) in [7, 11) is 1.48. The molecule has 5 atom stereocenters. The molecule has 0 aromatic carbocycles. The Hall–Kier alpha value is -0.200. The Morgan fingerprint density at radius 1 is 1.38 bits per heavy atom. The van der Waals surface area contributed by atoms with Gasteiger partial charge in [0.1, 0.15) is 18.3 Å². The summed E-state index contributed by atoms with van der Waals surface area (Å²) in [5.74, 6) is 0. The summed E-state index contributed by atoms with van der Waals surface area (Å²) in [5, 5.41) is 19.3. The minimum absolute atomic E-state index is 0.186. The predicted molar refractivity (Wildman–Crippen MR) is 60.0 cm³/mol. The van der Waals surface area contributed by atoms with E-state index in [1.165, 1.54) is 7.11 Å². The number of ether oxygens (including phenoxy) is 2. The molecule has 1 fully saturated rings. The van der Waals surface area contributed by atoms with Crippen molar-refractivity contribution in [3.8, 4) is 0 Å². The fraction of sp³-hybridized carbons (Fsp3) is 1.00. The van der Waals surface area contributed by atoms with Gasteiger partial charge >= 0.3 is 0 Å². The maximum absolute atomic E-state index is 10.0. The molecule has 0 bridgehead atoms. The molecular formula is C11H23NO4. The van der Waals surface area contributed by atoms with Crippen molar-refractivity contribution in [2.75, 3.05) is 13.7 Å². The lowest BCUT2D eigenvalue weighted by atomic mass is 9.79. The van der Waals surface area contributed by atoms with Gasteiger partial charge in [0.2, 0.25) is 0 Å². The van der Waals surface area contributed by atoms with Crippen LogP contribution in [0.3, 0.4) is 0 Å². The first-order chi connectivity index (χ1) is 7.32. The molecule has 4 N–H and O–H groups in total. The molecule has 0 aromatic heterocycles. The van der Waals surface area contributed by atoms with Gasteiger partial charge in [0.05, 0.1) is 18.8 Å². The minimum atomic E-state index is -0.819. The van der Waals surface area contributed by atoms with Crippen molar-refractivity contribution in [1.82, 2.24) is 0 Å². The smallest absolute Gasteiger partial charge is 0.113 e. The molecule has 0 aromatic rings. The van der Waals surface area contributed by atoms with Crippen LogP contribution < -0.4 is 5.73 Å². The molecule has 1 saturated heterocycles. The van der Waals surface area contributed by atoms with Crippen LogP contribution in [0.25, 0.3) is 0 Å². The van der Waals surface area contributed by atoms with E-state index in [-0.39, 0.29) is 18.1 Å². The second kappa shape index (κ2) is 4.98. The lowest BCUT2D eigenvalue weighted by molar-refractivity contribution is -0.218. The van der Waals surface area contributed by atoms with Crippen molar-refractivity contribution in [2.45, 2.75) is 51.2 Å². The van der Waals surface area contributed by atoms with Crippen LogP contribution in [0.5, 0.6) is 0 Å². The maximum atomic E-state index is 10.0. The Balaban J connectivity index is 2.87. The first kappa shape index (κ1) is 13.9. The average molecular weight is 233 g/mol. The van der Waals surface area contributed by atoms with Crippen molar-refractivity contribution >= 4 is 0 Å². The zero-order chi connectivity index (χ0) is 12.5. The number of aliphatic hydroxyl groups excluding tert-OH is 2. The molecule has 5 unspecified atom stereocenters. The van der Waals surface area contributed by atoms with Crippen LogP contribution >= 0.6 is 0 Å². The molecule has 1 aliphatic rings. The first-order valence-electron chi connectivity index (χ1n) is 5.55. The molecule has 16 heavy (non-hydrogen) atoms. The van der Waals surface area contributed by atoms with Crippen LogP contribution in [-0.4, -0.2) is 54.4 Å². The second-order valence-corrected chi connectivity index (χ2v) is 5.41. The molecule has 0 radical (unpaired) electrons. The van der Waals surface area contributed by atoms with E-state index in [0.29, 0.717) is 0 Å². The van der Waals surface area contributed by atoms with Gasteiger partial charge in [-0.05, 0) is 5.41 Å². The zero-order valence-electron chi connectivity index (χ0n) is 10.4. The Morgan fingerprint density at radius 3 is 2.31 bits per heavy atom. The summed E-state index contributed by atoms with van der Waals surface area (Å²) in [6.07, 6.45) is -2.21. The van der Waals surface area contributed by atoms with Gasteiger partial charge in [0.25, 0.3) is 0 Å². The average Bonchev–Trinajstić information content (AvgIpc) is 2.19. The van der Waals surface area contributed by atoms with E-state index in [0.717, 1.165) is 0 Å². The van der Waals surface area contributed by atoms with Gasteiger partial charge in [-0.1, -0.05) is 20.8 Å². The number of aliphatic hydroxyl groups is 2. The van der Waals surface area contributed by atoms with Gasteiger partial charge in [0.15, 0.2) is 0 Å². The van der Waals surface area contributed by atoms with Crippen molar-refractivity contribution in [3.63, 3.8) is 0 Å². The third-order valence-corrected chi connectivity index (χ3v) is 3.07. The molecule has 1 rings (SSSR count). The highest BCUT2D eigenvalue weighted by Gasteiger charge is 2.47. The normalized spacial score (nSPS) is 41.1. The molecule has 1 heterocycles. The summed E-state index contributed by atoms with van der Waals surface area (Å²) in [4.78, 5) is 0. The van der Waals surface area contributed by atoms with Crippen LogP contribution in [0.4, 0.5) is 0 Å². The van der Waals surface area contributed by atoms with Gasteiger partial charge in [-0.3, -0.25) is 0 Å². The van der Waals surface area contributed by atoms with Crippen LogP contribution in [0.15, 0.2) is 0 Å². The van der Waals surface area contributed by atoms with Gasteiger partial charge in [-0.25, -0.2) is 0 Å². The standard InChI is InChI=1S/C11H23NO4/c1-11(2,3)10-7(12)8(14)9(15-4)6(5-13)16-10/h6-10,13-14H,5,12H2,1-4H3. The van der Waals surface area contributed by atoms with Crippen LogP contribution in [0, 0.1) is 5.41 Å². The van der Waals surface area contributed by atoms with Crippen LogP contribution in [0.2, 0.25) is 0 Å². The third-order valence-electron chi connectivity index (χ3n) is 3.07. The Morgan fingerprint density at radius 2 is 1.94 bits per heavy atom. The number of hydrogen-bond acceptors (Lipinski definition) is 5. The maximum Gasteiger partial charge on any atom is 0.113 e. The predicted octanol–water partition coefficient (Wildman–Crippen LogP) is -0.505. The molecule has 0 amide bonds. The Labute approximate surface area is 96.5 Å².